The maximum absolute atomic E-state index is 12.8. The van der Waals surface area contributed by atoms with E-state index in [1.165, 1.54) is 0 Å². The van der Waals surface area contributed by atoms with Crippen LogP contribution in [0, 0.1) is 12.7 Å². The Balaban J connectivity index is 1.82. The third kappa shape index (κ3) is 6.02. The number of anilines is 1. The topological polar surface area (TPSA) is 102 Å². The molecule has 0 spiro atoms. The first-order valence-electron chi connectivity index (χ1n) is 7.65. The lowest BCUT2D eigenvalue weighted by atomic mass is 10.2. The van der Waals surface area contributed by atoms with Crippen LogP contribution in [0.25, 0.3) is 0 Å². The summed E-state index contributed by atoms with van der Waals surface area (Å²) in [4.78, 5) is 23.3. The van der Waals surface area contributed by atoms with Crippen LogP contribution in [0.3, 0.4) is 0 Å². The molecule has 2 aromatic rings. The maximum Gasteiger partial charge on any atom is 0.321 e. The van der Waals surface area contributed by atoms with Crippen LogP contribution >= 0.6 is 11.6 Å². The molecule has 0 unspecified atom stereocenters. The van der Waals surface area contributed by atoms with Crippen molar-refractivity contribution < 1.29 is 27.1 Å². The Hall–Kier alpha value is -2.49. The predicted molar refractivity (Wildman–Crippen MR) is 97.4 cm³/mol. The number of hydrogen-bond donors (Lipinski definition) is 2. The van der Waals surface area contributed by atoms with Crippen LogP contribution < -0.4 is 10.0 Å². The molecule has 0 aliphatic heterocycles. The summed E-state index contributed by atoms with van der Waals surface area (Å²) in [5, 5.41) is 3.01. The van der Waals surface area contributed by atoms with Crippen LogP contribution in [-0.2, 0) is 24.3 Å². The SMILES string of the molecule is Cc1c(Cl)cccc1NC(=O)COC(=O)CNS(=O)(=O)c1ccc(F)cc1. The summed E-state index contributed by atoms with van der Waals surface area (Å²) in [6.07, 6.45) is 0. The second-order valence-corrected chi connectivity index (χ2v) is 7.57. The fourth-order valence-corrected chi connectivity index (χ4v) is 3.12. The number of halogens is 2. The Morgan fingerprint density at radius 3 is 2.48 bits per heavy atom. The molecule has 0 aliphatic rings. The van der Waals surface area contributed by atoms with Crippen molar-refractivity contribution in [1.82, 2.24) is 4.72 Å². The molecule has 1 amide bonds. The van der Waals surface area contributed by atoms with Crippen molar-refractivity contribution in [3.05, 3.63) is 58.9 Å². The minimum Gasteiger partial charge on any atom is -0.455 e. The van der Waals surface area contributed by atoms with Gasteiger partial charge in [-0.05, 0) is 48.9 Å². The number of sulfonamides is 1. The lowest BCUT2D eigenvalue weighted by molar-refractivity contribution is -0.146. The molecular formula is C17H16ClFN2O5S. The highest BCUT2D eigenvalue weighted by Gasteiger charge is 2.17. The van der Waals surface area contributed by atoms with E-state index in [2.05, 4.69) is 5.32 Å². The summed E-state index contributed by atoms with van der Waals surface area (Å²) >= 11 is 5.95. The molecule has 27 heavy (non-hydrogen) atoms. The molecule has 2 rings (SSSR count). The van der Waals surface area contributed by atoms with Crippen molar-refractivity contribution in [2.24, 2.45) is 0 Å². The fourth-order valence-electron chi connectivity index (χ4n) is 1.98. The van der Waals surface area contributed by atoms with Crippen LogP contribution in [0.1, 0.15) is 5.56 Å². The molecular weight excluding hydrogens is 399 g/mol. The zero-order valence-electron chi connectivity index (χ0n) is 14.2. The van der Waals surface area contributed by atoms with E-state index in [4.69, 9.17) is 16.3 Å². The van der Waals surface area contributed by atoms with E-state index in [-0.39, 0.29) is 4.90 Å². The number of benzene rings is 2. The van der Waals surface area contributed by atoms with Crippen molar-refractivity contribution in [2.75, 3.05) is 18.5 Å². The average molecular weight is 415 g/mol. The van der Waals surface area contributed by atoms with Gasteiger partial charge in [-0.2, -0.15) is 4.72 Å². The van der Waals surface area contributed by atoms with Crippen molar-refractivity contribution >= 4 is 39.2 Å². The van der Waals surface area contributed by atoms with Crippen molar-refractivity contribution in [1.29, 1.82) is 0 Å². The quantitative estimate of drug-likeness (QED) is 0.676. The van der Waals surface area contributed by atoms with E-state index in [9.17, 15) is 22.4 Å². The van der Waals surface area contributed by atoms with Gasteiger partial charge in [0.2, 0.25) is 10.0 Å². The molecule has 0 aliphatic carbocycles. The monoisotopic (exact) mass is 414 g/mol. The van der Waals surface area contributed by atoms with Crippen LogP contribution in [-0.4, -0.2) is 33.4 Å². The largest absolute Gasteiger partial charge is 0.455 e. The number of esters is 1. The van der Waals surface area contributed by atoms with E-state index in [0.717, 1.165) is 24.3 Å². The highest BCUT2D eigenvalue weighted by Crippen LogP contribution is 2.22. The minimum absolute atomic E-state index is 0.203. The first kappa shape index (κ1) is 20.8. The van der Waals surface area contributed by atoms with Crippen LogP contribution in [0.15, 0.2) is 47.4 Å². The minimum atomic E-state index is -4.00. The second kappa shape index (κ2) is 8.94. The fraction of sp³-hybridized carbons (Fsp3) is 0.176. The van der Waals surface area contributed by atoms with E-state index in [0.29, 0.717) is 16.3 Å². The lowest BCUT2D eigenvalue weighted by Gasteiger charge is -2.10. The van der Waals surface area contributed by atoms with Gasteiger partial charge in [0.25, 0.3) is 5.91 Å². The number of carbonyl (C=O) groups excluding carboxylic acids is 2. The molecule has 0 aromatic heterocycles. The third-order valence-corrected chi connectivity index (χ3v) is 5.26. The summed E-state index contributed by atoms with van der Waals surface area (Å²) in [5.41, 5.74) is 1.13. The molecule has 0 bridgehead atoms. The highest BCUT2D eigenvalue weighted by molar-refractivity contribution is 7.89. The average Bonchev–Trinajstić information content (AvgIpc) is 2.62. The Labute approximate surface area is 160 Å². The van der Waals surface area contributed by atoms with E-state index in [1.807, 2.05) is 4.72 Å². The van der Waals surface area contributed by atoms with Gasteiger partial charge < -0.3 is 10.1 Å². The highest BCUT2D eigenvalue weighted by atomic mass is 35.5. The van der Waals surface area contributed by atoms with E-state index < -0.39 is 40.9 Å². The zero-order chi connectivity index (χ0) is 20.0. The summed E-state index contributed by atoms with van der Waals surface area (Å²) in [6, 6.07) is 9.04. The Bertz CT molecular complexity index is 948. The molecule has 0 radical (unpaired) electrons. The molecule has 2 N–H and O–H groups in total. The summed E-state index contributed by atoms with van der Waals surface area (Å²) in [7, 11) is -4.00. The predicted octanol–water partition coefficient (Wildman–Crippen LogP) is 2.25. The van der Waals surface area contributed by atoms with Gasteiger partial charge in [-0.1, -0.05) is 17.7 Å². The number of ether oxygens (including phenoxy) is 1. The normalized spacial score (nSPS) is 11.1. The molecule has 0 heterocycles. The van der Waals surface area contributed by atoms with Gasteiger partial charge in [-0.15, -0.1) is 0 Å². The van der Waals surface area contributed by atoms with E-state index >= 15 is 0 Å². The number of nitrogens with one attached hydrogen (secondary N) is 2. The van der Waals surface area contributed by atoms with Crippen molar-refractivity contribution in [3.8, 4) is 0 Å². The van der Waals surface area contributed by atoms with Gasteiger partial charge in [0.1, 0.15) is 12.4 Å². The van der Waals surface area contributed by atoms with Crippen LogP contribution in [0.5, 0.6) is 0 Å². The summed E-state index contributed by atoms with van der Waals surface area (Å²) < 4.78 is 43.5. The first-order valence-corrected chi connectivity index (χ1v) is 9.51. The Kier molecular flexibility index (Phi) is 6.89. The van der Waals surface area contributed by atoms with Gasteiger partial charge in [-0.25, -0.2) is 12.8 Å². The Morgan fingerprint density at radius 2 is 1.81 bits per heavy atom. The van der Waals surface area contributed by atoms with Gasteiger partial charge >= 0.3 is 5.97 Å². The molecule has 0 atom stereocenters. The molecule has 144 valence electrons. The van der Waals surface area contributed by atoms with Crippen molar-refractivity contribution in [3.63, 3.8) is 0 Å². The van der Waals surface area contributed by atoms with Crippen molar-refractivity contribution in [2.45, 2.75) is 11.8 Å². The second-order valence-electron chi connectivity index (χ2n) is 5.40. The number of carbonyl (C=O) groups is 2. The van der Waals surface area contributed by atoms with Crippen LogP contribution in [0.2, 0.25) is 5.02 Å². The van der Waals surface area contributed by atoms with Crippen LogP contribution in [0.4, 0.5) is 10.1 Å². The number of amides is 1. The lowest BCUT2D eigenvalue weighted by Crippen LogP contribution is -2.32. The van der Waals surface area contributed by atoms with E-state index in [1.54, 1.807) is 25.1 Å². The molecule has 0 saturated heterocycles. The summed E-state index contributed by atoms with van der Waals surface area (Å²) in [6.45, 7) is 0.445. The molecule has 0 fully saturated rings. The molecule has 0 saturated carbocycles. The molecule has 2 aromatic carbocycles. The third-order valence-electron chi connectivity index (χ3n) is 3.44. The number of rotatable bonds is 7. The smallest absolute Gasteiger partial charge is 0.321 e. The molecule has 10 heteroatoms. The first-order chi connectivity index (χ1) is 12.7. The van der Waals surface area contributed by atoms with Gasteiger partial charge in [0, 0.05) is 10.7 Å². The maximum atomic E-state index is 12.8. The van der Waals surface area contributed by atoms with Gasteiger partial charge in [0.05, 0.1) is 4.90 Å². The zero-order valence-corrected chi connectivity index (χ0v) is 15.7. The van der Waals surface area contributed by atoms with Gasteiger partial charge in [0.15, 0.2) is 6.61 Å². The van der Waals surface area contributed by atoms with Gasteiger partial charge in [-0.3, -0.25) is 9.59 Å². The summed E-state index contributed by atoms with van der Waals surface area (Å²) in [5.74, 6) is -2.14. The number of hydrogen-bond acceptors (Lipinski definition) is 5. The standard InChI is InChI=1S/C17H16ClFN2O5S/c1-11-14(18)3-2-4-15(11)21-16(22)10-26-17(23)9-20-27(24,25)13-7-5-12(19)6-8-13/h2-8,20H,9-10H2,1H3,(H,21,22). The Morgan fingerprint density at radius 1 is 1.15 bits per heavy atom. The molecule has 7 nitrogen and oxygen atoms in total.